The Morgan fingerprint density at radius 3 is 1.45 bits per heavy atom. The van der Waals surface area contributed by atoms with Crippen molar-refractivity contribution in [2.24, 2.45) is 0 Å². The van der Waals surface area contributed by atoms with Gasteiger partial charge in [-0.3, -0.25) is 23.0 Å². The lowest BCUT2D eigenvalue weighted by atomic mass is 9.75. The molecule has 0 bridgehead atoms. The van der Waals surface area contributed by atoms with Crippen molar-refractivity contribution in [1.29, 1.82) is 0 Å². The minimum Gasteiger partial charge on any atom is -0.481 e. The highest BCUT2D eigenvalue weighted by molar-refractivity contribution is 7.87. The van der Waals surface area contributed by atoms with Gasteiger partial charge in [0.05, 0.1) is 94.5 Å². The van der Waals surface area contributed by atoms with Crippen molar-refractivity contribution in [3.05, 3.63) is 108 Å². The molecule has 28 heteroatoms. The SMILES string of the molecule is CC[N+]1=C(/C=C/C=C/C=C/C=C2/N(CCCCCC(=O)O)c3ccc4c(S(=O)(=O)O)cc(S(=O)(=O)O)cc4c3C2(C)CCOCCOCCOCCOC)C(C)(CCOCCOCCOCCOC)c2c1ccc1c(S(=O)(=O)O)cc(S(=O)(=O)O)cc21. The molecule has 6 rings (SSSR count). The molecular formula is C59H79N2O22S4+. The van der Waals surface area contributed by atoms with E-state index in [2.05, 4.69) is 0 Å². The van der Waals surface area contributed by atoms with Gasteiger partial charge < -0.3 is 47.9 Å². The molecule has 2 aliphatic heterocycles. The van der Waals surface area contributed by atoms with Gasteiger partial charge in [-0.05, 0) is 105 Å². The maximum atomic E-state index is 12.9. The Morgan fingerprint density at radius 1 is 0.529 bits per heavy atom. The number of hydrogen-bond donors (Lipinski definition) is 5. The molecule has 2 unspecified atom stereocenters. The molecule has 2 aliphatic rings. The topological polar surface area (TPSA) is 335 Å². The van der Waals surface area contributed by atoms with Gasteiger partial charge in [0.15, 0.2) is 5.71 Å². The molecule has 0 saturated carbocycles. The second-order valence-corrected chi connectivity index (χ2v) is 26.5. The van der Waals surface area contributed by atoms with Crippen molar-refractivity contribution in [2.75, 3.05) is 125 Å². The molecule has 5 N–H and O–H groups in total. The number of carbonyl (C=O) groups is 1. The molecule has 0 amide bonds. The Bertz CT molecular complexity index is 3700. The summed E-state index contributed by atoms with van der Waals surface area (Å²) >= 11 is 0. The highest BCUT2D eigenvalue weighted by Crippen LogP contribution is 2.54. The predicted octanol–water partition coefficient (Wildman–Crippen LogP) is 7.50. The van der Waals surface area contributed by atoms with Crippen LogP contribution in [0.25, 0.3) is 21.5 Å². The van der Waals surface area contributed by atoms with E-state index >= 15 is 0 Å². The van der Waals surface area contributed by atoms with Crippen LogP contribution < -0.4 is 4.90 Å². The molecule has 480 valence electrons. The standard InChI is InChI=1S/C59H78N2O22S4/c1-6-60-49-20-18-45-47(39-43(84(64,65)66)41-51(45)86(70,71)72)56(49)58(2,22-25-78-31-33-82-37-35-80-29-27-76-4)53(60)15-11-8-7-9-12-16-54-59(3,23-26-79-32-34-83-38-36-81-30-28-77-5)57-48-40-44(85(67,68)69)42-52(87(73,74)75)46(48)19-21-50(57)61(54)24-14-10-13-17-55(62)63/h7-9,11-12,15-16,18-21,39-42H,6,10,13-14,17,22-38H2,1-5H3,(H4-,62,63,64,65,66,67,68,69,70,71,72,73,74,75)/p+1. The van der Waals surface area contributed by atoms with E-state index in [4.69, 9.17) is 37.9 Å². The van der Waals surface area contributed by atoms with Crippen molar-refractivity contribution in [1.82, 2.24) is 0 Å². The van der Waals surface area contributed by atoms with Gasteiger partial charge in [0, 0.05) is 85.7 Å². The van der Waals surface area contributed by atoms with E-state index in [0.717, 1.165) is 5.71 Å². The lowest BCUT2D eigenvalue weighted by Gasteiger charge is -2.31. The van der Waals surface area contributed by atoms with Crippen LogP contribution in [0.1, 0.15) is 70.4 Å². The van der Waals surface area contributed by atoms with Gasteiger partial charge in [0.1, 0.15) is 16.3 Å². The van der Waals surface area contributed by atoms with Crippen LogP contribution in [0.3, 0.4) is 0 Å². The molecule has 0 aliphatic carbocycles. The minimum atomic E-state index is -5.06. The number of nitrogens with zero attached hydrogens (tertiary/aromatic N) is 2. The number of aliphatic carboxylic acids is 1. The highest BCUT2D eigenvalue weighted by atomic mass is 32.2. The smallest absolute Gasteiger partial charge is 0.303 e. The quantitative estimate of drug-likeness (QED) is 0.0125. The Hall–Kier alpha value is -5.38. The summed E-state index contributed by atoms with van der Waals surface area (Å²) in [6.45, 7) is 10.7. The number of methoxy groups -OCH3 is 2. The van der Waals surface area contributed by atoms with Crippen molar-refractivity contribution in [3.63, 3.8) is 0 Å². The van der Waals surface area contributed by atoms with Crippen molar-refractivity contribution < 1.29 is 104 Å². The lowest BCUT2D eigenvalue weighted by molar-refractivity contribution is -0.433. The number of fused-ring (bicyclic) bond motifs is 6. The first-order valence-electron chi connectivity index (χ1n) is 28.2. The lowest BCUT2D eigenvalue weighted by Crippen LogP contribution is -2.33. The van der Waals surface area contributed by atoms with Crippen LogP contribution in [0.15, 0.2) is 116 Å². The fraction of sp³-hybridized carbons (Fsp3) is 0.492. The molecular weight excluding hydrogens is 1220 g/mol. The molecule has 87 heavy (non-hydrogen) atoms. The van der Waals surface area contributed by atoms with E-state index in [-0.39, 0.29) is 80.4 Å². The summed E-state index contributed by atoms with van der Waals surface area (Å²) in [6.07, 6.45) is 14.5. The average molecular weight is 1300 g/mol. The van der Waals surface area contributed by atoms with Crippen molar-refractivity contribution in [3.8, 4) is 0 Å². The number of benzene rings is 4. The summed E-state index contributed by atoms with van der Waals surface area (Å²) in [7, 11) is -16.9. The molecule has 2 atom stereocenters. The first kappa shape index (κ1) is 70.7. The van der Waals surface area contributed by atoms with Crippen LogP contribution in [-0.4, -0.2) is 193 Å². The number of allylic oxidation sites excluding steroid dienone is 8. The fourth-order valence-electron chi connectivity index (χ4n) is 10.9. The van der Waals surface area contributed by atoms with Gasteiger partial charge in [-0.25, -0.2) is 0 Å². The monoisotopic (exact) mass is 1300 g/mol. The zero-order valence-corrected chi connectivity index (χ0v) is 52.7. The Balaban J connectivity index is 1.38. The number of unbranched alkanes of at least 4 members (excludes halogenated alkanes) is 2. The van der Waals surface area contributed by atoms with Crippen molar-refractivity contribution in [2.45, 2.75) is 89.7 Å². The van der Waals surface area contributed by atoms with Gasteiger partial charge in [-0.2, -0.15) is 38.2 Å². The second-order valence-electron chi connectivity index (χ2n) is 20.8. The molecule has 24 nitrogen and oxygen atoms in total. The Kier molecular flexibility index (Phi) is 25.9. The maximum absolute atomic E-state index is 12.9. The molecule has 0 fully saturated rings. The van der Waals surface area contributed by atoms with E-state index in [9.17, 15) is 61.8 Å². The molecule has 2 heterocycles. The third kappa shape index (κ3) is 18.4. The van der Waals surface area contributed by atoms with E-state index in [0.29, 0.717) is 126 Å². The Morgan fingerprint density at radius 2 is 0.977 bits per heavy atom. The van der Waals surface area contributed by atoms with Crippen LogP contribution in [0.2, 0.25) is 0 Å². The number of hydrogen-bond acceptors (Lipinski definition) is 18. The first-order valence-corrected chi connectivity index (χ1v) is 33.9. The third-order valence-electron chi connectivity index (χ3n) is 15.0. The largest absolute Gasteiger partial charge is 0.481 e. The van der Waals surface area contributed by atoms with Crippen molar-refractivity contribution >= 4 is 85.1 Å². The van der Waals surface area contributed by atoms with Crippen LogP contribution in [-0.2, 0) is 94.0 Å². The Labute approximate surface area is 509 Å². The van der Waals surface area contributed by atoms with Gasteiger partial charge in [-0.15, -0.1) is 0 Å². The number of carboxylic acids is 1. The van der Waals surface area contributed by atoms with Gasteiger partial charge >= 0.3 is 5.97 Å². The van der Waals surface area contributed by atoms with E-state index in [1.165, 1.54) is 24.3 Å². The minimum absolute atomic E-state index is 0.00153. The molecule has 0 aromatic heterocycles. The summed E-state index contributed by atoms with van der Waals surface area (Å²) in [5.41, 5.74) is 1.51. The van der Waals surface area contributed by atoms with E-state index in [1.807, 2.05) is 42.4 Å². The van der Waals surface area contributed by atoms with Crippen LogP contribution in [0.5, 0.6) is 0 Å². The summed E-state index contributed by atoms with van der Waals surface area (Å²) < 4.78 is 190. The predicted molar refractivity (Wildman–Crippen MR) is 324 cm³/mol. The average Bonchev–Trinajstić information content (AvgIpc) is 1.62. The van der Waals surface area contributed by atoms with Crippen LogP contribution in [0, 0.1) is 0 Å². The third-order valence-corrected chi connectivity index (χ3v) is 18.5. The molecule has 0 spiro atoms. The second kappa shape index (κ2) is 31.9. The number of ether oxygens (including phenoxy) is 8. The molecule has 4 aromatic carbocycles. The molecule has 4 aromatic rings. The van der Waals surface area contributed by atoms with Crippen LogP contribution in [0.4, 0.5) is 11.4 Å². The first-order chi connectivity index (χ1) is 41.2. The summed E-state index contributed by atoms with van der Waals surface area (Å²) in [5, 5.41) is 9.70. The van der Waals surface area contributed by atoms with Crippen LogP contribution >= 0.6 is 0 Å². The normalized spacial score (nSPS) is 18.1. The molecule has 0 radical (unpaired) electrons. The van der Waals surface area contributed by atoms with Gasteiger partial charge in [0.25, 0.3) is 40.5 Å². The summed E-state index contributed by atoms with van der Waals surface area (Å²) in [6, 6.07) is 10.1. The van der Waals surface area contributed by atoms with Gasteiger partial charge in [0.2, 0.25) is 5.69 Å². The fourth-order valence-corrected chi connectivity index (χ4v) is 13.6. The van der Waals surface area contributed by atoms with E-state index < -0.39 is 76.9 Å². The number of rotatable bonds is 39. The highest BCUT2D eigenvalue weighted by Gasteiger charge is 2.49. The zero-order chi connectivity index (χ0) is 63.6. The summed E-state index contributed by atoms with van der Waals surface area (Å²) in [4.78, 5) is 10.5. The zero-order valence-electron chi connectivity index (χ0n) is 49.4. The molecule has 0 saturated heterocycles. The summed E-state index contributed by atoms with van der Waals surface area (Å²) in [5.74, 6) is -0.940. The number of carboxylic acid groups (broad SMARTS) is 1. The maximum Gasteiger partial charge on any atom is 0.303 e. The van der Waals surface area contributed by atoms with E-state index in [1.54, 1.807) is 56.7 Å². The number of anilines is 1. The van der Waals surface area contributed by atoms with Gasteiger partial charge in [-0.1, -0.05) is 42.9 Å².